The number of aromatic nitrogens is 1. The van der Waals surface area contributed by atoms with Crippen molar-refractivity contribution in [1.29, 1.82) is 5.26 Å². The minimum Gasteiger partial charge on any atom is -0.493 e. The van der Waals surface area contributed by atoms with Crippen LogP contribution in [0, 0.1) is 11.3 Å². The van der Waals surface area contributed by atoms with Crippen LogP contribution in [-0.2, 0) is 0 Å². The van der Waals surface area contributed by atoms with E-state index < -0.39 is 11.9 Å². The highest BCUT2D eigenvalue weighted by Gasteiger charge is 2.22. The summed E-state index contributed by atoms with van der Waals surface area (Å²) in [4.78, 5) is 16.7. The summed E-state index contributed by atoms with van der Waals surface area (Å²) in [5.41, 5.74) is 0.405. The zero-order valence-corrected chi connectivity index (χ0v) is 16.7. The summed E-state index contributed by atoms with van der Waals surface area (Å²) in [7, 11) is 4.40. The number of nitrogens with zero attached hydrogens (tertiary/aromatic N) is 2. The van der Waals surface area contributed by atoms with Gasteiger partial charge < -0.3 is 24.3 Å². The number of hydrogen-bond donors (Lipinski definition) is 1. The molecule has 1 aromatic heterocycles. The van der Waals surface area contributed by atoms with Gasteiger partial charge in [-0.15, -0.1) is 0 Å². The minimum absolute atomic E-state index is 0.0414. The Bertz CT molecular complexity index is 873. The molecule has 0 aliphatic rings. The van der Waals surface area contributed by atoms with Crippen molar-refractivity contribution in [2.45, 2.75) is 13.0 Å². The van der Waals surface area contributed by atoms with E-state index >= 15 is 0 Å². The number of rotatable bonds is 8. The van der Waals surface area contributed by atoms with Gasteiger partial charge in [0.2, 0.25) is 11.6 Å². The summed E-state index contributed by atoms with van der Waals surface area (Å²) in [6, 6.07) is 7.26. The van der Waals surface area contributed by atoms with E-state index in [-0.39, 0.29) is 16.6 Å². The predicted molar refractivity (Wildman–Crippen MR) is 102 cm³/mol. The van der Waals surface area contributed by atoms with Crippen molar-refractivity contribution < 1.29 is 23.7 Å². The normalized spacial score (nSPS) is 11.1. The first-order valence-electron chi connectivity index (χ1n) is 8.28. The maximum absolute atomic E-state index is 12.6. The Kier molecular flexibility index (Phi) is 7.29. The standard InChI is InChI=1S/C19H20ClN3O5/c1-5-28-16-7-6-12(20)17(23-16)19(24)22-13(10-21)11-8-14(25-2)18(27-4)15(9-11)26-3/h6-9,13H,5H2,1-4H3,(H,22,24). The Balaban J connectivity index is 2.36. The number of halogens is 1. The second kappa shape index (κ2) is 9.67. The molecule has 2 aromatic rings. The lowest BCUT2D eigenvalue weighted by molar-refractivity contribution is 0.0939. The number of carbonyl (C=O) groups is 1. The first kappa shape index (κ1) is 21.1. The van der Waals surface area contributed by atoms with Gasteiger partial charge in [0.05, 0.1) is 39.0 Å². The molecule has 0 saturated heterocycles. The Labute approximate surface area is 167 Å². The molecule has 0 saturated carbocycles. The maximum Gasteiger partial charge on any atom is 0.272 e. The van der Waals surface area contributed by atoms with Gasteiger partial charge in [0.25, 0.3) is 5.91 Å². The van der Waals surface area contributed by atoms with E-state index in [9.17, 15) is 10.1 Å². The second-order valence-electron chi connectivity index (χ2n) is 5.41. The van der Waals surface area contributed by atoms with Crippen molar-refractivity contribution in [3.8, 4) is 29.2 Å². The van der Waals surface area contributed by atoms with E-state index in [0.717, 1.165) is 0 Å². The zero-order valence-electron chi connectivity index (χ0n) is 15.9. The third-order valence-electron chi connectivity index (χ3n) is 3.75. The highest BCUT2D eigenvalue weighted by Crippen LogP contribution is 2.39. The molecule has 0 fully saturated rings. The van der Waals surface area contributed by atoms with Crippen LogP contribution in [0.15, 0.2) is 24.3 Å². The average Bonchev–Trinajstić information content (AvgIpc) is 2.72. The van der Waals surface area contributed by atoms with Crippen LogP contribution >= 0.6 is 11.6 Å². The van der Waals surface area contributed by atoms with Crippen LogP contribution in [0.5, 0.6) is 23.1 Å². The Morgan fingerprint density at radius 2 is 1.86 bits per heavy atom. The number of carbonyl (C=O) groups excluding carboxylic acids is 1. The van der Waals surface area contributed by atoms with Gasteiger partial charge in [-0.3, -0.25) is 4.79 Å². The van der Waals surface area contributed by atoms with Crippen molar-refractivity contribution in [2.75, 3.05) is 27.9 Å². The number of nitriles is 1. The molecule has 8 nitrogen and oxygen atoms in total. The molecule has 0 aliphatic carbocycles. The lowest BCUT2D eigenvalue weighted by atomic mass is 10.1. The number of hydrogen-bond acceptors (Lipinski definition) is 7. The summed E-state index contributed by atoms with van der Waals surface area (Å²) >= 11 is 6.08. The predicted octanol–water partition coefficient (Wildman–Crippen LogP) is 3.15. The van der Waals surface area contributed by atoms with Crippen molar-refractivity contribution >= 4 is 17.5 Å². The van der Waals surface area contributed by atoms with Crippen LogP contribution < -0.4 is 24.3 Å². The van der Waals surface area contributed by atoms with Gasteiger partial charge in [0, 0.05) is 6.07 Å². The molecule has 28 heavy (non-hydrogen) atoms. The van der Waals surface area contributed by atoms with Crippen LogP contribution in [0.4, 0.5) is 0 Å². The summed E-state index contributed by atoms with van der Waals surface area (Å²) in [6.45, 7) is 2.19. The maximum atomic E-state index is 12.6. The Morgan fingerprint density at radius 1 is 1.21 bits per heavy atom. The molecule has 1 N–H and O–H groups in total. The van der Waals surface area contributed by atoms with E-state index in [0.29, 0.717) is 29.4 Å². The molecule has 0 aliphatic heterocycles. The molecular weight excluding hydrogens is 386 g/mol. The van der Waals surface area contributed by atoms with Gasteiger partial charge in [-0.05, 0) is 30.7 Å². The third kappa shape index (κ3) is 4.56. The first-order chi connectivity index (χ1) is 13.5. The number of nitrogens with one attached hydrogen (secondary N) is 1. The lowest BCUT2D eigenvalue weighted by Crippen LogP contribution is -2.28. The molecule has 0 radical (unpaired) electrons. The molecular formula is C19H20ClN3O5. The highest BCUT2D eigenvalue weighted by atomic mass is 35.5. The minimum atomic E-state index is -1.00. The summed E-state index contributed by atoms with van der Waals surface area (Å²) in [5.74, 6) is 0.748. The molecule has 9 heteroatoms. The van der Waals surface area contributed by atoms with E-state index in [1.165, 1.54) is 27.4 Å². The van der Waals surface area contributed by atoms with Gasteiger partial charge in [-0.2, -0.15) is 5.26 Å². The van der Waals surface area contributed by atoms with Crippen molar-refractivity contribution in [1.82, 2.24) is 10.3 Å². The molecule has 1 aromatic carbocycles. The molecule has 1 amide bonds. The number of ether oxygens (including phenoxy) is 4. The van der Waals surface area contributed by atoms with Gasteiger partial charge in [0.15, 0.2) is 17.2 Å². The topological polar surface area (TPSA) is 103 Å². The number of methoxy groups -OCH3 is 3. The molecule has 1 heterocycles. The summed E-state index contributed by atoms with van der Waals surface area (Å²) < 4.78 is 21.1. The first-order valence-corrected chi connectivity index (χ1v) is 8.66. The number of pyridine rings is 1. The van der Waals surface area contributed by atoms with E-state index in [4.69, 9.17) is 30.5 Å². The number of benzene rings is 1. The molecule has 1 unspecified atom stereocenters. The Hall–Kier alpha value is -3.18. The Morgan fingerprint density at radius 3 is 2.36 bits per heavy atom. The smallest absolute Gasteiger partial charge is 0.272 e. The molecule has 1 atom stereocenters. The van der Waals surface area contributed by atoms with Gasteiger partial charge in [-0.1, -0.05) is 11.6 Å². The van der Waals surface area contributed by atoms with Crippen LogP contribution in [0.2, 0.25) is 5.02 Å². The number of amides is 1. The third-order valence-corrected chi connectivity index (χ3v) is 4.06. The van der Waals surface area contributed by atoms with Crippen LogP contribution in [0.1, 0.15) is 29.0 Å². The SMILES string of the molecule is CCOc1ccc(Cl)c(C(=O)NC(C#N)c2cc(OC)c(OC)c(OC)c2)n1. The van der Waals surface area contributed by atoms with Gasteiger partial charge in [0.1, 0.15) is 6.04 Å². The second-order valence-corrected chi connectivity index (χ2v) is 5.81. The van der Waals surface area contributed by atoms with E-state index in [1.54, 1.807) is 25.1 Å². The largest absolute Gasteiger partial charge is 0.493 e. The van der Waals surface area contributed by atoms with Gasteiger partial charge >= 0.3 is 0 Å². The van der Waals surface area contributed by atoms with Crippen LogP contribution in [0.25, 0.3) is 0 Å². The van der Waals surface area contributed by atoms with Crippen molar-refractivity contribution in [3.05, 3.63) is 40.5 Å². The van der Waals surface area contributed by atoms with Crippen LogP contribution in [0.3, 0.4) is 0 Å². The molecule has 2 rings (SSSR count). The molecule has 148 valence electrons. The fourth-order valence-electron chi connectivity index (χ4n) is 2.47. The highest BCUT2D eigenvalue weighted by molar-refractivity contribution is 6.33. The molecule has 0 bridgehead atoms. The van der Waals surface area contributed by atoms with E-state index in [2.05, 4.69) is 10.3 Å². The van der Waals surface area contributed by atoms with E-state index in [1.807, 2.05) is 6.07 Å². The molecule has 0 spiro atoms. The zero-order chi connectivity index (χ0) is 20.7. The summed E-state index contributed by atoms with van der Waals surface area (Å²) in [5, 5.41) is 12.3. The van der Waals surface area contributed by atoms with Gasteiger partial charge in [-0.25, -0.2) is 4.98 Å². The average molecular weight is 406 g/mol. The monoisotopic (exact) mass is 405 g/mol. The van der Waals surface area contributed by atoms with Crippen molar-refractivity contribution in [2.24, 2.45) is 0 Å². The quantitative estimate of drug-likeness (QED) is 0.719. The fraction of sp³-hybridized carbons (Fsp3) is 0.316. The van der Waals surface area contributed by atoms with Crippen LogP contribution in [-0.4, -0.2) is 38.8 Å². The lowest BCUT2D eigenvalue weighted by Gasteiger charge is -2.17. The summed E-state index contributed by atoms with van der Waals surface area (Å²) in [6.07, 6.45) is 0. The fourth-order valence-corrected chi connectivity index (χ4v) is 2.66. The van der Waals surface area contributed by atoms with Crippen molar-refractivity contribution in [3.63, 3.8) is 0 Å².